The van der Waals surface area contributed by atoms with Crippen LogP contribution in [0.4, 0.5) is 28.7 Å². The summed E-state index contributed by atoms with van der Waals surface area (Å²) in [5.74, 6) is 1.47. The fourth-order valence-corrected chi connectivity index (χ4v) is 7.17. The maximum Gasteiger partial charge on any atom is 0.247 e. The average Bonchev–Trinajstić information content (AvgIpc) is 3.60. The number of amides is 1. The van der Waals surface area contributed by atoms with Gasteiger partial charge in [0.15, 0.2) is 5.82 Å². The van der Waals surface area contributed by atoms with Gasteiger partial charge in [-0.05, 0) is 56.5 Å². The van der Waals surface area contributed by atoms with E-state index in [9.17, 15) is 4.79 Å². The monoisotopic (exact) mass is 694 g/mol. The molecule has 2 N–H and O–H groups in total. The van der Waals surface area contributed by atoms with Gasteiger partial charge in [-0.1, -0.05) is 35.8 Å². The molecular weight excluding hydrogens is 651 g/mol. The van der Waals surface area contributed by atoms with Crippen molar-refractivity contribution in [2.45, 2.75) is 51.2 Å². The normalized spacial score (nSPS) is 19.5. The number of nitrogens with zero attached hydrogens (tertiary/aromatic N) is 6. The fourth-order valence-electron chi connectivity index (χ4n) is 6.86. The molecule has 13 heteroatoms. The van der Waals surface area contributed by atoms with Crippen LogP contribution in [0.5, 0.6) is 5.75 Å². The van der Waals surface area contributed by atoms with E-state index in [1.807, 2.05) is 30.3 Å². The minimum absolute atomic E-state index is 0.0918. The van der Waals surface area contributed by atoms with Gasteiger partial charge in [-0.15, -0.1) is 0 Å². The second kappa shape index (κ2) is 15.3. The molecule has 3 aliphatic rings. The van der Waals surface area contributed by atoms with Crippen LogP contribution in [-0.2, 0) is 9.63 Å². The number of carbonyl (C=O) groups is 1. The van der Waals surface area contributed by atoms with Gasteiger partial charge in [0.05, 0.1) is 46.9 Å². The van der Waals surface area contributed by atoms with Crippen molar-refractivity contribution in [3.8, 4) is 5.75 Å². The SMILES string of the molecule is C=CC(=O)Nc1cc(Nc2cc(N3OCCC3c3ccc(Cl)c(Cl)c3)ncn2)c(OC)cc1N1CCC(N2CCN(C(C)C)CC2)CC1. The zero-order valence-corrected chi connectivity index (χ0v) is 29.3. The van der Waals surface area contributed by atoms with Crippen LogP contribution in [-0.4, -0.2) is 90.7 Å². The Bertz CT molecular complexity index is 1610. The van der Waals surface area contributed by atoms with Crippen molar-refractivity contribution >= 4 is 57.8 Å². The summed E-state index contributed by atoms with van der Waals surface area (Å²) in [6, 6.07) is 12.3. The van der Waals surface area contributed by atoms with E-state index in [0.29, 0.717) is 57.5 Å². The largest absolute Gasteiger partial charge is 0.494 e. The molecule has 256 valence electrons. The summed E-state index contributed by atoms with van der Waals surface area (Å²) < 4.78 is 5.87. The van der Waals surface area contributed by atoms with Crippen LogP contribution in [0.3, 0.4) is 0 Å². The lowest BCUT2D eigenvalue weighted by Crippen LogP contribution is -2.54. The molecule has 0 radical (unpaired) electrons. The molecule has 1 amide bonds. The van der Waals surface area contributed by atoms with Gasteiger partial charge in [0.2, 0.25) is 5.91 Å². The molecule has 0 saturated carbocycles. The molecule has 1 atom stereocenters. The highest BCUT2D eigenvalue weighted by atomic mass is 35.5. The fraction of sp³-hybridized carbons (Fsp3) is 0.457. The van der Waals surface area contributed by atoms with Gasteiger partial charge in [-0.3, -0.25) is 19.4 Å². The number of rotatable bonds is 10. The molecule has 2 aromatic carbocycles. The van der Waals surface area contributed by atoms with Crippen molar-refractivity contribution < 1.29 is 14.4 Å². The number of hydroxylamine groups is 1. The Morgan fingerprint density at radius 1 is 1.00 bits per heavy atom. The lowest BCUT2D eigenvalue weighted by atomic mass is 10.0. The Kier molecular flexibility index (Phi) is 10.9. The first-order valence-corrected chi connectivity index (χ1v) is 17.3. The van der Waals surface area contributed by atoms with E-state index < -0.39 is 0 Å². The lowest BCUT2D eigenvalue weighted by Gasteiger charge is -2.44. The first-order chi connectivity index (χ1) is 23.2. The number of nitrogens with one attached hydrogen (secondary N) is 2. The molecule has 3 saturated heterocycles. The van der Waals surface area contributed by atoms with E-state index in [-0.39, 0.29) is 11.9 Å². The number of hydrogen-bond donors (Lipinski definition) is 2. The molecule has 3 aliphatic heterocycles. The molecule has 48 heavy (non-hydrogen) atoms. The number of hydrogen-bond acceptors (Lipinski definition) is 10. The minimum atomic E-state index is -0.283. The van der Waals surface area contributed by atoms with Crippen molar-refractivity contribution in [2.75, 3.05) is 73.6 Å². The molecule has 0 spiro atoms. The predicted molar refractivity (Wildman–Crippen MR) is 193 cm³/mol. The van der Waals surface area contributed by atoms with Crippen LogP contribution in [0.25, 0.3) is 0 Å². The van der Waals surface area contributed by atoms with Crippen molar-refractivity contribution in [2.24, 2.45) is 0 Å². The number of benzene rings is 2. The molecule has 6 rings (SSSR count). The van der Waals surface area contributed by atoms with Gasteiger partial charge in [0.1, 0.15) is 17.9 Å². The van der Waals surface area contributed by atoms with Crippen LogP contribution in [0, 0.1) is 0 Å². The second-order valence-corrected chi connectivity index (χ2v) is 13.5. The van der Waals surface area contributed by atoms with E-state index >= 15 is 0 Å². The highest BCUT2D eigenvalue weighted by molar-refractivity contribution is 6.42. The Labute approximate surface area is 292 Å². The Balaban J connectivity index is 1.20. The third-order valence-corrected chi connectivity index (χ3v) is 10.3. The molecule has 0 aliphatic carbocycles. The van der Waals surface area contributed by atoms with E-state index in [0.717, 1.165) is 69.8 Å². The third-order valence-electron chi connectivity index (χ3n) is 9.54. The van der Waals surface area contributed by atoms with E-state index in [1.165, 1.54) is 12.4 Å². The van der Waals surface area contributed by atoms with Crippen LogP contribution in [0.1, 0.15) is 44.7 Å². The molecule has 3 aromatic rings. The van der Waals surface area contributed by atoms with Gasteiger partial charge < -0.3 is 20.3 Å². The summed E-state index contributed by atoms with van der Waals surface area (Å²) >= 11 is 12.5. The predicted octanol–water partition coefficient (Wildman–Crippen LogP) is 6.54. The van der Waals surface area contributed by atoms with Crippen molar-refractivity contribution in [1.29, 1.82) is 0 Å². The van der Waals surface area contributed by atoms with Crippen molar-refractivity contribution in [3.63, 3.8) is 0 Å². The first kappa shape index (κ1) is 34.3. The van der Waals surface area contributed by atoms with Gasteiger partial charge in [-0.2, -0.15) is 0 Å². The van der Waals surface area contributed by atoms with Crippen LogP contribution < -0.4 is 25.3 Å². The summed E-state index contributed by atoms with van der Waals surface area (Å²) in [5.41, 5.74) is 3.21. The molecule has 1 unspecified atom stereocenters. The standard InChI is InChI=1S/C35H44Cl2N8O3/c1-5-35(46)41-28-19-29(32(47-4)20-31(28)44-11-8-25(9-12-44)43-15-13-42(14-16-43)23(2)3)40-33-21-34(39-22-38-33)45-30(10-17-48-45)24-6-7-26(36)27(37)18-24/h5-7,18-23,25,30H,1,8-17H2,2-4H3,(H,41,46)(H,38,39,40). The lowest BCUT2D eigenvalue weighted by molar-refractivity contribution is -0.111. The molecule has 0 bridgehead atoms. The van der Waals surface area contributed by atoms with Gasteiger partial charge in [0.25, 0.3) is 0 Å². The quantitative estimate of drug-likeness (QED) is 0.228. The number of piperidine rings is 1. The number of piperazine rings is 1. The number of aromatic nitrogens is 2. The summed E-state index contributed by atoms with van der Waals surface area (Å²) in [6.45, 7) is 15.0. The zero-order valence-electron chi connectivity index (χ0n) is 27.8. The topological polar surface area (TPSA) is 98.3 Å². The van der Waals surface area contributed by atoms with E-state index in [1.54, 1.807) is 18.2 Å². The summed E-state index contributed by atoms with van der Waals surface area (Å²) in [6.07, 6.45) is 5.65. The van der Waals surface area contributed by atoms with Gasteiger partial charge in [0, 0.05) is 69.9 Å². The van der Waals surface area contributed by atoms with Gasteiger partial charge in [-0.25, -0.2) is 15.0 Å². The summed E-state index contributed by atoms with van der Waals surface area (Å²) in [5, 5.41) is 9.17. The van der Waals surface area contributed by atoms with Crippen LogP contribution in [0.15, 0.2) is 55.4 Å². The first-order valence-electron chi connectivity index (χ1n) is 16.6. The molecule has 4 heterocycles. The van der Waals surface area contributed by atoms with E-state index in [2.05, 4.69) is 55.7 Å². The smallest absolute Gasteiger partial charge is 0.247 e. The average molecular weight is 696 g/mol. The highest BCUT2D eigenvalue weighted by Crippen LogP contribution is 2.41. The molecule has 11 nitrogen and oxygen atoms in total. The van der Waals surface area contributed by atoms with Crippen LogP contribution >= 0.6 is 23.2 Å². The summed E-state index contributed by atoms with van der Waals surface area (Å²) in [4.78, 5) is 35.1. The maximum atomic E-state index is 12.6. The Morgan fingerprint density at radius 3 is 2.46 bits per heavy atom. The van der Waals surface area contributed by atoms with E-state index in [4.69, 9.17) is 32.8 Å². The van der Waals surface area contributed by atoms with Gasteiger partial charge >= 0.3 is 0 Å². The minimum Gasteiger partial charge on any atom is -0.494 e. The molecule has 1 aromatic heterocycles. The number of halogens is 2. The molecular formula is C35H44Cl2N8O3. The highest BCUT2D eigenvalue weighted by Gasteiger charge is 2.31. The third kappa shape index (κ3) is 7.66. The number of ether oxygens (including phenoxy) is 1. The van der Waals surface area contributed by atoms with Crippen molar-refractivity contribution in [1.82, 2.24) is 19.8 Å². The Morgan fingerprint density at radius 2 is 1.77 bits per heavy atom. The molecule has 3 fully saturated rings. The summed E-state index contributed by atoms with van der Waals surface area (Å²) in [7, 11) is 1.64. The second-order valence-electron chi connectivity index (χ2n) is 12.7. The number of carbonyl (C=O) groups excluding carboxylic acids is 1. The maximum absolute atomic E-state index is 12.6. The number of anilines is 5. The van der Waals surface area contributed by atoms with Crippen molar-refractivity contribution in [3.05, 3.63) is 71.0 Å². The Hall–Kier alpha value is -3.61. The number of methoxy groups -OCH3 is 1. The van der Waals surface area contributed by atoms with Crippen LogP contribution in [0.2, 0.25) is 10.0 Å². The zero-order chi connectivity index (χ0) is 33.8.